The van der Waals surface area contributed by atoms with Crippen LogP contribution in [-0.4, -0.2) is 50.5 Å². The van der Waals surface area contributed by atoms with Crippen molar-refractivity contribution in [3.8, 4) is 0 Å². The molecule has 0 fully saturated rings. The topological polar surface area (TPSA) is 144 Å². The minimum atomic E-state index is -0.408. The van der Waals surface area contributed by atoms with Crippen molar-refractivity contribution in [1.82, 2.24) is 5.32 Å². The number of carbonyl (C=O) groups excluding carboxylic acids is 3. The molecule has 0 aromatic heterocycles. The van der Waals surface area contributed by atoms with Crippen molar-refractivity contribution in [1.29, 1.82) is 5.41 Å². The van der Waals surface area contributed by atoms with Crippen LogP contribution in [0.5, 0.6) is 0 Å². The van der Waals surface area contributed by atoms with Gasteiger partial charge in [0.25, 0.3) is 0 Å². The van der Waals surface area contributed by atoms with Gasteiger partial charge in [-0.05, 0) is 37.1 Å². The molecule has 1 rings (SSSR count). The summed E-state index contributed by atoms with van der Waals surface area (Å²) in [7, 11) is 2.88. The molecule has 2 amide bonds. The molecule has 0 spiro atoms. The minimum Gasteiger partial charge on any atom is -0.469 e. The summed E-state index contributed by atoms with van der Waals surface area (Å²) in [5.41, 5.74) is 6.49. The summed E-state index contributed by atoms with van der Waals surface area (Å²) in [4.78, 5) is 35.6. The maximum absolute atomic E-state index is 12.1. The van der Waals surface area contributed by atoms with E-state index in [2.05, 4.69) is 15.4 Å². The van der Waals surface area contributed by atoms with Crippen LogP contribution < -0.4 is 16.4 Å². The average molecular weight is 392 g/mol. The molecule has 0 saturated heterocycles. The van der Waals surface area contributed by atoms with Crippen LogP contribution in [0.2, 0.25) is 0 Å². The summed E-state index contributed by atoms with van der Waals surface area (Å²) in [5, 5.41) is 12.8. The Kier molecular flexibility index (Phi) is 10.3. The second kappa shape index (κ2) is 12.4. The molecule has 1 aromatic carbocycles. The molecule has 9 nitrogen and oxygen atoms in total. The van der Waals surface area contributed by atoms with Crippen LogP contribution in [0.25, 0.3) is 0 Å². The molecular formula is C19H28N4O5. The fourth-order valence-electron chi connectivity index (χ4n) is 2.47. The van der Waals surface area contributed by atoms with Gasteiger partial charge in [-0.3, -0.25) is 19.8 Å². The molecule has 0 saturated carbocycles. The summed E-state index contributed by atoms with van der Waals surface area (Å²) in [6.45, 7) is 0.526. The van der Waals surface area contributed by atoms with Crippen LogP contribution >= 0.6 is 0 Å². The van der Waals surface area contributed by atoms with Gasteiger partial charge >= 0.3 is 5.97 Å². The van der Waals surface area contributed by atoms with E-state index in [9.17, 15) is 14.4 Å². The Morgan fingerprint density at radius 2 is 1.75 bits per heavy atom. The molecule has 5 N–H and O–H groups in total. The van der Waals surface area contributed by atoms with E-state index >= 15 is 0 Å². The smallest absolute Gasteiger partial charge is 0.307 e. The fraction of sp³-hybridized carbons (Fsp3) is 0.474. The Labute approximate surface area is 164 Å². The lowest BCUT2D eigenvalue weighted by atomic mass is 10.1. The zero-order chi connectivity index (χ0) is 20.9. The number of nitrogens with one attached hydrogen (secondary N) is 3. The van der Waals surface area contributed by atoms with Gasteiger partial charge in [0.05, 0.1) is 13.5 Å². The summed E-state index contributed by atoms with van der Waals surface area (Å²) in [6.07, 6.45) is 1.34. The summed E-state index contributed by atoms with van der Waals surface area (Å²) in [6, 6.07) is 6.16. The Morgan fingerprint density at radius 3 is 2.32 bits per heavy atom. The lowest BCUT2D eigenvalue weighted by Crippen LogP contribution is -2.37. The number of ether oxygens (including phenoxy) is 2. The number of esters is 1. The number of carbonyl (C=O) groups is 3. The van der Waals surface area contributed by atoms with E-state index in [-0.39, 0.29) is 43.0 Å². The Balaban J connectivity index is 2.45. The van der Waals surface area contributed by atoms with Gasteiger partial charge in [0.1, 0.15) is 5.84 Å². The predicted octanol–water partition coefficient (Wildman–Crippen LogP) is 1.16. The van der Waals surface area contributed by atoms with E-state index in [1.165, 1.54) is 7.11 Å². The molecule has 0 bridgehead atoms. The van der Waals surface area contributed by atoms with E-state index in [0.717, 1.165) is 0 Å². The van der Waals surface area contributed by atoms with Crippen molar-refractivity contribution in [3.63, 3.8) is 0 Å². The van der Waals surface area contributed by atoms with Crippen molar-refractivity contribution in [3.05, 3.63) is 29.8 Å². The molecule has 154 valence electrons. The first-order chi connectivity index (χ1) is 13.3. The largest absolute Gasteiger partial charge is 0.469 e. The van der Waals surface area contributed by atoms with E-state index in [0.29, 0.717) is 30.7 Å². The number of amides is 2. The third-order valence-corrected chi connectivity index (χ3v) is 3.97. The van der Waals surface area contributed by atoms with Crippen LogP contribution in [-0.2, 0) is 23.9 Å². The minimum absolute atomic E-state index is 0.000681. The van der Waals surface area contributed by atoms with Crippen LogP contribution in [0, 0.1) is 5.41 Å². The van der Waals surface area contributed by atoms with E-state index in [4.69, 9.17) is 15.9 Å². The Hall–Kier alpha value is -2.94. The number of methoxy groups -OCH3 is 2. The normalized spacial score (nSPS) is 11.4. The lowest BCUT2D eigenvalue weighted by Gasteiger charge is -2.17. The third kappa shape index (κ3) is 9.13. The molecular weight excluding hydrogens is 364 g/mol. The Bertz CT molecular complexity index is 675. The highest BCUT2D eigenvalue weighted by molar-refractivity contribution is 5.96. The van der Waals surface area contributed by atoms with Crippen molar-refractivity contribution < 1.29 is 23.9 Å². The molecule has 0 radical (unpaired) electrons. The van der Waals surface area contributed by atoms with Gasteiger partial charge in [-0.1, -0.05) is 0 Å². The number of nitrogens with two attached hydrogens (primary N) is 1. The number of amidine groups is 1. The number of nitrogen functional groups attached to an aromatic ring is 1. The fourth-order valence-corrected chi connectivity index (χ4v) is 2.47. The second-order valence-electron chi connectivity index (χ2n) is 6.22. The molecule has 1 unspecified atom stereocenters. The summed E-state index contributed by atoms with van der Waals surface area (Å²) in [5.74, 6) is -1.08. The molecule has 0 heterocycles. The van der Waals surface area contributed by atoms with Gasteiger partial charge in [-0.25, -0.2) is 0 Å². The first-order valence-electron chi connectivity index (χ1n) is 8.95. The van der Waals surface area contributed by atoms with Gasteiger partial charge in [0, 0.05) is 43.9 Å². The van der Waals surface area contributed by atoms with Crippen LogP contribution in [0.4, 0.5) is 5.69 Å². The lowest BCUT2D eigenvalue weighted by molar-refractivity contribution is -0.141. The SMILES string of the molecule is COCCCC(CC(=O)OC)NC(=O)CCC(=O)Nc1ccc(C(=N)N)cc1. The average Bonchev–Trinajstić information content (AvgIpc) is 2.66. The highest BCUT2D eigenvalue weighted by Crippen LogP contribution is 2.10. The number of hydrogen-bond donors (Lipinski definition) is 4. The van der Waals surface area contributed by atoms with Crippen molar-refractivity contribution in [2.24, 2.45) is 5.73 Å². The highest BCUT2D eigenvalue weighted by Gasteiger charge is 2.17. The van der Waals surface area contributed by atoms with Gasteiger partial charge in [-0.15, -0.1) is 0 Å². The summed E-state index contributed by atoms with van der Waals surface area (Å²) >= 11 is 0. The standard InChI is InChI=1S/C19H28N4O5/c1-27-11-3-4-15(12-18(26)28-2)23-17(25)10-9-16(24)22-14-7-5-13(6-8-14)19(20)21/h5-8,15H,3-4,9-12H2,1-2H3,(H3,20,21)(H,22,24)(H,23,25). The van der Waals surface area contributed by atoms with Crippen LogP contribution in [0.15, 0.2) is 24.3 Å². The molecule has 9 heteroatoms. The van der Waals surface area contributed by atoms with Gasteiger partial charge in [-0.2, -0.15) is 0 Å². The number of rotatable bonds is 12. The van der Waals surface area contributed by atoms with Crippen molar-refractivity contribution >= 4 is 29.3 Å². The first-order valence-corrected chi connectivity index (χ1v) is 8.95. The summed E-state index contributed by atoms with van der Waals surface area (Å²) < 4.78 is 9.63. The quantitative estimate of drug-likeness (QED) is 0.182. The maximum atomic E-state index is 12.1. The first kappa shape index (κ1) is 23.1. The highest BCUT2D eigenvalue weighted by atomic mass is 16.5. The molecule has 1 atom stereocenters. The van der Waals surface area contributed by atoms with Crippen LogP contribution in [0.3, 0.4) is 0 Å². The van der Waals surface area contributed by atoms with Crippen LogP contribution in [0.1, 0.15) is 37.7 Å². The second-order valence-corrected chi connectivity index (χ2v) is 6.22. The zero-order valence-electron chi connectivity index (χ0n) is 16.2. The predicted molar refractivity (Wildman–Crippen MR) is 105 cm³/mol. The van der Waals surface area contributed by atoms with Crippen molar-refractivity contribution in [2.45, 2.75) is 38.1 Å². The maximum Gasteiger partial charge on any atom is 0.307 e. The zero-order valence-corrected chi connectivity index (χ0v) is 16.2. The van der Waals surface area contributed by atoms with E-state index in [1.54, 1.807) is 31.4 Å². The van der Waals surface area contributed by atoms with Gasteiger partial charge < -0.3 is 25.8 Å². The third-order valence-electron chi connectivity index (χ3n) is 3.97. The van der Waals surface area contributed by atoms with Crippen molar-refractivity contribution in [2.75, 3.05) is 26.1 Å². The molecule has 0 aliphatic rings. The molecule has 0 aliphatic heterocycles. The van der Waals surface area contributed by atoms with Gasteiger partial charge in [0.2, 0.25) is 11.8 Å². The monoisotopic (exact) mass is 392 g/mol. The molecule has 0 aliphatic carbocycles. The van der Waals surface area contributed by atoms with E-state index < -0.39 is 5.97 Å². The number of anilines is 1. The van der Waals surface area contributed by atoms with E-state index in [1.807, 2.05) is 0 Å². The number of hydrogen-bond acceptors (Lipinski definition) is 6. The molecule has 28 heavy (non-hydrogen) atoms. The number of benzene rings is 1. The Morgan fingerprint density at radius 1 is 1.11 bits per heavy atom. The van der Waals surface area contributed by atoms with Gasteiger partial charge in [0.15, 0.2) is 0 Å². The molecule has 1 aromatic rings.